The Labute approximate surface area is 260 Å². The van der Waals surface area contributed by atoms with E-state index < -0.39 is 6.17 Å². The van der Waals surface area contributed by atoms with E-state index in [2.05, 4.69) is 121 Å². The van der Waals surface area contributed by atoms with E-state index in [1.54, 1.807) is 0 Å². The van der Waals surface area contributed by atoms with Crippen LogP contribution in [0.3, 0.4) is 0 Å². The molecule has 1 aliphatic heterocycles. The first kappa shape index (κ1) is 25.5. The molecular formula is C41H27N3O. The lowest BCUT2D eigenvalue weighted by Gasteiger charge is -2.23. The second-order valence-electron chi connectivity index (χ2n) is 11.5. The zero-order chi connectivity index (χ0) is 29.7. The minimum absolute atomic E-state index is 0.416. The van der Waals surface area contributed by atoms with Crippen molar-refractivity contribution >= 4 is 55.2 Å². The van der Waals surface area contributed by atoms with Gasteiger partial charge in [0.2, 0.25) is 0 Å². The fourth-order valence-electron chi connectivity index (χ4n) is 6.43. The topological polar surface area (TPSA) is 49.9 Å². The average molecular weight is 578 g/mol. The fourth-order valence-corrected chi connectivity index (χ4v) is 6.43. The van der Waals surface area contributed by atoms with Crippen molar-refractivity contribution in [2.45, 2.75) is 6.17 Å². The van der Waals surface area contributed by atoms with Crippen molar-refractivity contribution in [1.82, 2.24) is 5.32 Å². The molecule has 1 N–H and O–H groups in total. The van der Waals surface area contributed by atoms with Gasteiger partial charge in [-0.05, 0) is 68.6 Å². The summed E-state index contributed by atoms with van der Waals surface area (Å²) < 4.78 is 6.24. The second kappa shape index (κ2) is 10.3. The van der Waals surface area contributed by atoms with Crippen LogP contribution < -0.4 is 5.32 Å². The molecule has 0 bridgehead atoms. The molecular weight excluding hydrogens is 550 g/mol. The van der Waals surface area contributed by atoms with E-state index in [-0.39, 0.29) is 0 Å². The van der Waals surface area contributed by atoms with Crippen LogP contribution >= 0.6 is 0 Å². The van der Waals surface area contributed by atoms with E-state index in [9.17, 15) is 0 Å². The molecule has 1 unspecified atom stereocenters. The molecule has 212 valence electrons. The van der Waals surface area contributed by atoms with E-state index in [0.717, 1.165) is 55.7 Å². The highest BCUT2D eigenvalue weighted by molar-refractivity contribution is 6.23. The molecule has 1 aliphatic rings. The number of nitrogens with zero attached hydrogens (tertiary/aromatic N) is 2. The number of furan rings is 1. The fraction of sp³-hybridized carbons (Fsp3) is 0.0244. The summed E-state index contributed by atoms with van der Waals surface area (Å²) in [7, 11) is 0. The first-order valence-electron chi connectivity index (χ1n) is 15.2. The molecule has 2 heterocycles. The van der Waals surface area contributed by atoms with Gasteiger partial charge in [-0.15, -0.1) is 0 Å². The summed E-state index contributed by atoms with van der Waals surface area (Å²) in [5, 5.41) is 10.5. The van der Waals surface area contributed by atoms with Crippen LogP contribution in [-0.4, -0.2) is 11.7 Å². The van der Waals surface area contributed by atoms with E-state index in [4.69, 9.17) is 14.4 Å². The predicted octanol–water partition coefficient (Wildman–Crippen LogP) is 10.1. The lowest BCUT2D eigenvalue weighted by atomic mass is 9.99. The van der Waals surface area contributed by atoms with Crippen molar-refractivity contribution in [3.63, 3.8) is 0 Å². The second-order valence-corrected chi connectivity index (χ2v) is 11.5. The lowest BCUT2D eigenvalue weighted by Crippen LogP contribution is -2.36. The zero-order valence-electron chi connectivity index (χ0n) is 24.3. The quantitative estimate of drug-likeness (QED) is 0.226. The third-order valence-corrected chi connectivity index (χ3v) is 8.69. The Morgan fingerprint density at radius 3 is 2.07 bits per heavy atom. The molecule has 0 radical (unpaired) electrons. The summed E-state index contributed by atoms with van der Waals surface area (Å²) in [6, 6.07) is 52.9. The lowest BCUT2D eigenvalue weighted by molar-refractivity contribution is 0.669. The maximum Gasteiger partial charge on any atom is 0.169 e. The van der Waals surface area contributed by atoms with E-state index in [1.165, 1.54) is 27.3 Å². The number of rotatable bonds is 4. The highest BCUT2D eigenvalue weighted by Crippen LogP contribution is 2.34. The van der Waals surface area contributed by atoms with Gasteiger partial charge in [-0.3, -0.25) is 0 Å². The van der Waals surface area contributed by atoms with Gasteiger partial charge < -0.3 is 9.73 Å². The summed E-state index contributed by atoms with van der Waals surface area (Å²) in [6.07, 6.45) is -0.416. The number of para-hydroxylation sites is 1. The van der Waals surface area contributed by atoms with E-state index in [0.29, 0.717) is 0 Å². The molecule has 0 saturated carbocycles. The Hall–Kier alpha value is -6.00. The van der Waals surface area contributed by atoms with Crippen molar-refractivity contribution in [2.24, 2.45) is 9.98 Å². The highest BCUT2D eigenvalue weighted by atomic mass is 16.3. The Bertz CT molecular complexity index is 2470. The van der Waals surface area contributed by atoms with Crippen LogP contribution in [0, 0.1) is 0 Å². The molecule has 0 spiro atoms. The van der Waals surface area contributed by atoms with Crippen LogP contribution in [0.4, 0.5) is 0 Å². The number of hydrogen-bond donors (Lipinski definition) is 1. The number of hydrogen-bond acceptors (Lipinski definition) is 4. The normalized spacial score (nSPS) is 14.9. The summed E-state index contributed by atoms with van der Waals surface area (Å²) in [4.78, 5) is 10.5. The predicted molar refractivity (Wildman–Crippen MR) is 186 cm³/mol. The number of nitrogens with one attached hydrogen (secondary N) is 1. The van der Waals surface area contributed by atoms with Crippen molar-refractivity contribution in [3.8, 4) is 11.1 Å². The van der Waals surface area contributed by atoms with E-state index in [1.807, 2.05) is 36.4 Å². The van der Waals surface area contributed by atoms with Gasteiger partial charge in [-0.2, -0.15) is 0 Å². The molecule has 0 amide bonds. The minimum atomic E-state index is -0.416. The summed E-state index contributed by atoms with van der Waals surface area (Å²) in [5.74, 6) is 1.56. The molecule has 4 heteroatoms. The molecule has 0 fully saturated rings. The van der Waals surface area contributed by atoms with Crippen molar-refractivity contribution < 1.29 is 4.42 Å². The molecule has 8 aromatic rings. The van der Waals surface area contributed by atoms with Gasteiger partial charge in [0.25, 0.3) is 0 Å². The monoisotopic (exact) mass is 577 g/mol. The van der Waals surface area contributed by atoms with Crippen LogP contribution in [0.25, 0.3) is 54.6 Å². The first-order valence-corrected chi connectivity index (χ1v) is 15.2. The molecule has 4 nitrogen and oxygen atoms in total. The van der Waals surface area contributed by atoms with Crippen molar-refractivity contribution in [1.29, 1.82) is 0 Å². The molecule has 0 saturated heterocycles. The molecule has 7 aromatic carbocycles. The third-order valence-electron chi connectivity index (χ3n) is 8.69. The average Bonchev–Trinajstić information content (AvgIpc) is 3.50. The smallest absolute Gasteiger partial charge is 0.169 e. The van der Waals surface area contributed by atoms with Gasteiger partial charge in [-0.25, -0.2) is 9.98 Å². The molecule has 1 aromatic heterocycles. The maximum absolute atomic E-state index is 6.24. The molecule has 0 aliphatic carbocycles. The van der Waals surface area contributed by atoms with Crippen LogP contribution in [0.1, 0.15) is 22.9 Å². The number of fused-ring (bicyclic) bond motifs is 5. The van der Waals surface area contributed by atoms with Crippen LogP contribution in [-0.2, 0) is 0 Å². The van der Waals surface area contributed by atoms with Gasteiger partial charge >= 0.3 is 0 Å². The van der Waals surface area contributed by atoms with Crippen molar-refractivity contribution in [3.05, 3.63) is 168 Å². The van der Waals surface area contributed by atoms with Gasteiger partial charge in [0.15, 0.2) is 6.17 Å². The summed E-state index contributed by atoms with van der Waals surface area (Å²) in [5.41, 5.74) is 7.13. The van der Waals surface area contributed by atoms with Crippen LogP contribution in [0.2, 0.25) is 0 Å². The van der Waals surface area contributed by atoms with Gasteiger partial charge in [-0.1, -0.05) is 121 Å². The largest absolute Gasteiger partial charge is 0.456 e. The van der Waals surface area contributed by atoms with Gasteiger partial charge in [0.1, 0.15) is 22.8 Å². The number of benzene rings is 7. The van der Waals surface area contributed by atoms with Crippen molar-refractivity contribution in [2.75, 3.05) is 0 Å². The maximum atomic E-state index is 6.24. The number of amidine groups is 2. The first-order chi connectivity index (χ1) is 22.3. The Morgan fingerprint density at radius 2 is 1.16 bits per heavy atom. The number of aliphatic imine (C=N–C) groups is 2. The molecule has 45 heavy (non-hydrogen) atoms. The van der Waals surface area contributed by atoms with Crippen LogP contribution in [0.5, 0.6) is 0 Å². The zero-order valence-corrected chi connectivity index (χ0v) is 24.3. The Morgan fingerprint density at radius 1 is 0.467 bits per heavy atom. The Balaban J connectivity index is 1.21. The molecule has 9 rings (SSSR count). The van der Waals surface area contributed by atoms with Gasteiger partial charge in [0, 0.05) is 21.9 Å². The standard InChI is InChI=1S/C41H27N3O/c1-2-9-26(10-3-1)30-20-17-28-19-22-32(25-33(28)24-30)40-42-39(31-21-18-27-11-4-5-12-29(27)23-31)43-41(44-40)35-14-8-16-37-38(35)34-13-6-7-15-36(34)45-37/h1-25,39H,(H,42,43,44). The summed E-state index contributed by atoms with van der Waals surface area (Å²) in [6.45, 7) is 0. The molecule has 1 atom stereocenters. The third kappa shape index (κ3) is 4.47. The van der Waals surface area contributed by atoms with Crippen LogP contribution in [0.15, 0.2) is 166 Å². The minimum Gasteiger partial charge on any atom is -0.456 e. The SMILES string of the molecule is c1ccc(-c2ccc3ccc(C4=NC(c5ccc6ccccc6c5)N=C(c5cccc6oc7ccccc7c56)N4)cc3c2)cc1. The summed E-state index contributed by atoms with van der Waals surface area (Å²) >= 11 is 0. The van der Waals surface area contributed by atoms with Gasteiger partial charge in [0.05, 0.1) is 0 Å². The highest BCUT2D eigenvalue weighted by Gasteiger charge is 2.24. The Kier molecular flexibility index (Phi) is 5.85. The van der Waals surface area contributed by atoms with E-state index >= 15 is 0 Å².